The highest BCUT2D eigenvalue weighted by atomic mass is 35.5. The summed E-state index contributed by atoms with van der Waals surface area (Å²) in [5.41, 5.74) is 2.27. The van der Waals surface area contributed by atoms with Gasteiger partial charge in [0.15, 0.2) is 0 Å². The number of fused-ring (bicyclic) bond motifs is 3. The van der Waals surface area contributed by atoms with Crippen molar-refractivity contribution in [2.45, 2.75) is 25.0 Å². The van der Waals surface area contributed by atoms with Gasteiger partial charge in [-0.25, -0.2) is 4.79 Å². The average molecular weight is 414 g/mol. The van der Waals surface area contributed by atoms with E-state index in [2.05, 4.69) is 9.88 Å². The Hall–Kier alpha value is -2.77. The van der Waals surface area contributed by atoms with Gasteiger partial charge < -0.3 is 24.5 Å². The number of morpholine rings is 1. The summed E-state index contributed by atoms with van der Waals surface area (Å²) in [6.07, 6.45) is 4.18. The molecule has 0 amide bonds. The first-order valence-corrected chi connectivity index (χ1v) is 9.91. The molecule has 2 N–H and O–H groups in total. The predicted octanol–water partition coefficient (Wildman–Crippen LogP) is 3.96. The number of pyridine rings is 1. The van der Waals surface area contributed by atoms with Gasteiger partial charge in [0.1, 0.15) is 5.82 Å². The van der Waals surface area contributed by atoms with E-state index in [0.29, 0.717) is 27.4 Å². The lowest BCUT2D eigenvalue weighted by Gasteiger charge is -2.33. The monoisotopic (exact) mass is 413 g/mol. The molecule has 2 aromatic heterocycles. The largest absolute Gasteiger partial charge is 0.480 e. The molecular formula is C21H20ClN3O4. The van der Waals surface area contributed by atoms with Gasteiger partial charge in [-0.05, 0) is 37.1 Å². The lowest BCUT2D eigenvalue weighted by atomic mass is 10.0. The van der Waals surface area contributed by atoms with E-state index in [4.69, 9.17) is 26.1 Å². The van der Waals surface area contributed by atoms with Gasteiger partial charge in [-0.1, -0.05) is 11.6 Å². The summed E-state index contributed by atoms with van der Waals surface area (Å²) in [5.74, 6) is 0.303. The maximum Gasteiger partial charge on any atom is 0.337 e. The Morgan fingerprint density at radius 3 is 2.72 bits per heavy atom. The summed E-state index contributed by atoms with van der Waals surface area (Å²) in [5, 5.41) is 10.5. The normalized spacial score (nSPS) is 21.0. The third-order valence-corrected chi connectivity index (χ3v) is 6.01. The number of carboxylic acids is 1. The van der Waals surface area contributed by atoms with Crippen molar-refractivity contribution >= 4 is 34.3 Å². The van der Waals surface area contributed by atoms with Gasteiger partial charge in [-0.15, -0.1) is 0 Å². The number of aromatic carboxylic acids is 1. The molecule has 0 spiro atoms. The number of hydrogen-bond donors (Lipinski definition) is 2. The van der Waals surface area contributed by atoms with E-state index in [0.717, 1.165) is 37.3 Å². The fraction of sp³-hybridized carbons (Fsp3) is 0.333. The Kier molecular flexibility index (Phi) is 4.37. The first-order chi connectivity index (χ1) is 14.0. The van der Waals surface area contributed by atoms with E-state index in [1.165, 1.54) is 6.20 Å². The molecule has 3 aromatic rings. The van der Waals surface area contributed by atoms with Crippen molar-refractivity contribution in [2.75, 3.05) is 25.1 Å². The van der Waals surface area contributed by atoms with E-state index < -0.39 is 5.97 Å². The molecule has 0 saturated carbocycles. The summed E-state index contributed by atoms with van der Waals surface area (Å²) in [6, 6.07) is 7.38. The number of benzene rings is 1. The van der Waals surface area contributed by atoms with Crippen LogP contribution in [0.5, 0.6) is 5.88 Å². The Balaban J connectivity index is 1.56. The number of nitrogens with one attached hydrogen (secondary N) is 1. The van der Waals surface area contributed by atoms with Crippen molar-refractivity contribution < 1.29 is 19.4 Å². The molecule has 7 nitrogen and oxygen atoms in total. The number of aromatic nitrogens is 2. The molecule has 4 heterocycles. The van der Waals surface area contributed by atoms with Gasteiger partial charge >= 0.3 is 5.97 Å². The maximum absolute atomic E-state index is 11.5. The number of carbonyl (C=O) groups is 1. The minimum Gasteiger partial charge on any atom is -0.480 e. The molecule has 2 bridgehead atoms. The molecule has 2 unspecified atom stereocenters. The van der Waals surface area contributed by atoms with Crippen LogP contribution in [0.1, 0.15) is 23.2 Å². The van der Waals surface area contributed by atoms with Crippen LogP contribution in [0, 0.1) is 0 Å². The zero-order chi connectivity index (χ0) is 20.1. The van der Waals surface area contributed by atoms with Crippen molar-refractivity contribution in [1.29, 1.82) is 0 Å². The van der Waals surface area contributed by atoms with Crippen LogP contribution in [0.2, 0.25) is 5.02 Å². The minimum absolute atomic E-state index is 0.199. The second kappa shape index (κ2) is 6.93. The Morgan fingerprint density at radius 1 is 1.28 bits per heavy atom. The zero-order valence-electron chi connectivity index (χ0n) is 15.8. The summed E-state index contributed by atoms with van der Waals surface area (Å²) in [6.45, 7) is 1.65. The highest BCUT2D eigenvalue weighted by molar-refractivity contribution is 6.34. The number of carboxylic acid groups (broad SMARTS) is 1. The van der Waals surface area contributed by atoms with Crippen LogP contribution in [0.4, 0.5) is 5.82 Å². The quantitative estimate of drug-likeness (QED) is 0.673. The molecule has 29 heavy (non-hydrogen) atoms. The number of methoxy groups -OCH3 is 1. The van der Waals surface area contributed by atoms with Gasteiger partial charge in [0, 0.05) is 41.3 Å². The standard InChI is InChI=1S/C21H20ClN3O4/c1-28-20-13(4-5-19(24-20)25-9-11-2-3-12(10-25)29-11)14-6-15-16(21(26)27)8-23-18(15)7-17(14)22/h4-8,11-12,23H,2-3,9-10H2,1H3,(H,26,27). The van der Waals surface area contributed by atoms with E-state index in [-0.39, 0.29) is 17.8 Å². The smallest absolute Gasteiger partial charge is 0.337 e. The van der Waals surface area contributed by atoms with Crippen molar-refractivity contribution in [3.8, 4) is 17.0 Å². The molecule has 150 valence electrons. The summed E-state index contributed by atoms with van der Waals surface area (Å²) in [4.78, 5) is 21.4. The Bertz CT molecular complexity index is 1100. The molecule has 1 aromatic carbocycles. The predicted molar refractivity (Wildman–Crippen MR) is 110 cm³/mol. The zero-order valence-corrected chi connectivity index (χ0v) is 16.6. The number of halogens is 1. The fourth-order valence-electron chi connectivity index (χ4n) is 4.30. The van der Waals surface area contributed by atoms with Crippen molar-refractivity contribution in [3.63, 3.8) is 0 Å². The van der Waals surface area contributed by atoms with Gasteiger partial charge in [-0.2, -0.15) is 4.98 Å². The van der Waals surface area contributed by atoms with Crippen LogP contribution in [-0.4, -0.2) is 53.5 Å². The topological polar surface area (TPSA) is 87.7 Å². The first-order valence-electron chi connectivity index (χ1n) is 9.53. The van der Waals surface area contributed by atoms with Crippen LogP contribution in [-0.2, 0) is 4.74 Å². The third-order valence-electron chi connectivity index (χ3n) is 5.70. The van der Waals surface area contributed by atoms with Crippen LogP contribution in [0.25, 0.3) is 22.0 Å². The van der Waals surface area contributed by atoms with Crippen LogP contribution >= 0.6 is 11.6 Å². The number of H-pyrrole nitrogens is 1. The fourth-order valence-corrected chi connectivity index (χ4v) is 4.56. The molecule has 2 atom stereocenters. The highest BCUT2D eigenvalue weighted by Crippen LogP contribution is 2.39. The van der Waals surface area contributed by atoms with Crippen LogP contribution in [0.3, 0.4) is 0 Å². The summed E-state index contributed by atoms with van der Waals surface area (Å²) in [7, 11) is 1.57. The van der Waals surface area contributed by atoms with Crippen LogP contribution in [0.15, 0.2) is 30.5 Å². The van der Waals surface area contributed by atoms with Crippen molar-refractivity contribution in [1.82, 2.24) is 9.97 Å². The molecule has 2 aliphatic rings. The number of aromatic amines is 1. The average Bonchev–Trinajstić information content (AvgIpc) is 3.28. The lowest BCUT2D eigenvalue weighted by molar-refractivity contribution is 0.0302. The number of hydrogen-bond acceptors (Lipinski definition) is 5. The molecule has 2 aliphatic heterocycles. The highest BCUT2D eigenvalue weighted by Gasteiger charge is 2.34. The molecule has 0 aliphatic carbocycles. The number of rotatable bonds is 4. The van der Waals surface area contributed by atoms with Gasteiger partial charge in [0.25, 0.3) is 0 Å². The van der Waals surface area contributed by atoms with E-state index >= 15 is 0 Å². The molecule has 2 fully saturated rings. The van der Waals surface area contributed by atoms with E-state index in [9.17, 15) is 9.90 Å². The van der Waals surface area contributed by atoms with Gasteiger partial charge in [-0.3, -0.25) is 0 Å². The molecule has 0 radical (unpaired) electrons. The second-order valence-corrected chi connectivity index (χ2v) is 7.88. The SMILES string of the molecule is COc1nc(N2CC3CCC(C2)O3)ccc1-c1cc2c(C(=O)O)c[nH]c2cc1Cl. The van der Waals surface area contributed by atoms with E-state index in [1.807, 2.05) is 12.1 Å². The molecule has 2 saturated heterocycles. The van der Waals surface area contributed by atoms with Crippen LogP contribution < -0.4 is 9.64 Å². The second-order valence-electron chi connectivity index (χ2n) is 7.47. The minimum atomic E-state index is -0.994. The van der Waals surface area contributed by atoms with Crippen molar-refractivity contribution in [3.05, 3.63) is 41.0 Å². The first kappa shape index (κ1) is 18.3. The number of ether oxygens (including phenoxy) is 2. The van der Waals surface area contributed by atoms with E-state index in [1.54, 1.807) is 19.2 Å². The maximum atomic E-state index is 11.5. The van der Waals surface area contributed by atoms with Crippen molar-refractivity contribution in [2.24, 2.45) is 0 Å². The summed E-state index contributed by atoms with van der Waals surface area (Å²) < 4.78 is 11.5. The third kappa shape index (κ3) is 3.10. The Labute approximate surface area is 172 Å². The lowest BCUT2D eigenvalue weighted by Crippen LogP contribution is -2.43. The Morgan fingerprint density at radius 2 is 2.03 bits per heavy atom. The van der Waals surface area contributed by atoms with Gasteiger partial charge in [0.05, 0.1) is 29.9 Å². The summed E-state index contributed by atoms with van der Waals surface area (Å²) >= 11 is 6.51. The molecular weight excluding hydrogens is 394 g/mol. The van der Waals surface area contributed by atoms with Gasteiger partial charge in [0.2, 0.25) is 5.88 Å². The molecule has 5 rings (SSSR count). The number of anilines is 1. The molecule has 8 heteroatoms. The number of nitrogens with zero attached hydrogens (tertiary/aromatic N) is 2.